The zero-order valence-corrected chi connectivity index (χ0v) is 12.2. The molecule has 1 rings (SSSR count). The molecule has 0 heterocycles. The minimum atomic E-state index is -4.10. The molecule has 0 amide bonds. The third kappa shape index (κ3) is 3.47. The number of sulfonamides is 1. The predicted octanol–water partition coefficient (Wildman–Crippen LogP) is 0.405. The first-order valence-corrected chi connectivity index (χ1v) is 7.30. The van der Waals surface area contributed by atoms with Crippen LogP contribution in [-0.4, -0.2) is 36.2 Å². The molecule has 1 atom stereocenters. The van der Waals surface area contributed by atoms with Crippen molar-refractivity contribution in [2.75, 3.05) is 5.73 Å². The molecule has 112 valence electrons. The second kappa shape index (κ2) is 5.39. The van der Waals surface area contributed by atoms with E-state index >= 15 is 0 Å². The van der Waals surface area contributed by atoms with Crippen LogP contribution in [0.15, 0.2) is 23.1 Å². The molecule has 0 bridgehead atoms. The molecule has 0 aliphatic heterocycles. The van der Waals surface area contributed by atoms with E-state index in [0.717, 1.165) is 12.1 Å². The van der Waals surface area contributed by atoms with Gasteiger partial charge in [0.2, 0.25) is 10.0 Å². The van der Waals surface area contributed by atoms with Gasteiger partial charge in [0.05, 0.1) is 22.1 Å². The van der Waals surface area contributed by atoms with E-state index in [4.69, 9.17) is 10.8 Å². The van der Waals surface area contributed by atoms with E-state index in [9.17, 15) is 18.3 Å². The highest BCUT2D eigenvalue weighted by atomic mass is 32.2. The summed E-state index contributed by atoms with van der Waals surface area (Å²) < 4.78 is 26.8. The fourth-order valence-corrected chi connectivity index (χ4v) is 3.09. The van der Waals surface area contributed by atoms with Crippen LogP contribution in [0.25, 0.3) is 0 Å². The molecule has 7 nitrogen and oxygen atoms in total. The zero-order valence-electron chi connectivity index (χ0n) is 11.4. The highest BCUT2D eigenvalue weighted by molar-refractivity contribution is 7.89. The van der Waals surface area contributed by atoms with Gasteiger partial charge in [-0.15, -0.1) is 0 Å². The number of carboxylic acids is 1. The largest absolute Gasteiger partial charge is 0.478 e. The maximum atomic E-state index is 12.3. The molecular weight excluding hydrogens is 284 g/mol. The number of rotatable bonds is 5. The molecule has 20 heavy (non-hydrogen) atoms. The Kier molecular flexibility index (Phi) is 4.42. The monoisotopic (exact) mass is 302 g/mol. The summed E-state index contributed by atoms with van der Waals surface area (Å²) in [5.74, 6) is -1.40. The Labute approximate surface area is 117 Å². The average Bonchev–Trinajstić information content (AvgIpc) is 2.26. The molecule has 1 unspecified atom stereocenters. The number of nitrogen functional groups attached to an aromatic ring is 1. The van der Waals surface area contributed by atoms with Crippen molar-refractivity contribution in [1.29, 1.82) is 0 Å². The van der Waals surface area contributed by atoms with E-state index < -0.39 is 38.1 Å². The van der Waals surface area contributed by atoms with Crippen molar-refractivity contribution in [3.63, 3.8) is 0 Å². The van der Waals surface area contributed by atoms with Gasteiger partial charge >= 0.3 is 5.97 Å². The lowest BCUT2D eigenvalue weighted by Gasteiger charge is -2.29. The number of hydrogen-bond acceptors (Lipinski definition) is 5. The van der Waals surface area contributed by atoms with Gasteiger partial charge < -0.3 is 15.9 Å². The van der Waals surface area contributed by atoms with Crippen LogP contribution in [-0.2, 0) is 10.0 Å². The third-order valence-electron chi connectivity index (χ3n) is 2.97. The summed E-state index contributed by atoms with van der Waals surface area (Å²) >= 11 is 0. The summed E-state index contributed by atoms with van der Waals surface area (Å²) in [5.41, 5.74) is 4.05. The molecule has 8 heteroatoms. The highest BCUT2D eigenvalue weighted by Gasteiger charge is 2.32. The van der Waals surface area contributed by atoms with Crippen molar-refractivity contribution < 1.29 is 23.4 Å². The van der Waals surface area contributed by atoms with E-state index in [0.29, 0.717) is 0 Å². The van der Waals surface area contributed by atoms with Crippen molar-refractivity contribution >= 4 is 21.7 Å². The number of nitrogens with two attached hydrogens (primary N) is 1. The number of carboxylic acid groups (broad SMARTS) is 1. The maximum Gasteiger partial charge on any atom is 0.337 e. The fourth-order valence-electron chi connectivity index (χ4n) is 1.44. The maximum absolute atomic E-state index is 12.3. The molecule has 5 N–H and O–H groups in total. The molecule has 0 saturated carbocycles. The van der Waals surface area contributed by atoms with Gasteiger partial charge in [-0.1, -0.05) is 0 Å². The van der Waals surface area contributed by atoms with Crippen molar-refractivity contribution in [1.82, 2.24) is 4.72 Å². The Balaban J connectivity index is 3.34. The van der Waals surface area contributed by atoms with Crippen LogP contribution in [0.1, 0.15) is 31.1 Å². The summed E-state index contributed by atoms with van der Waals surface area (Å²) in [5, 5.41) is 18.6. The third-order valence-corrected chi connectivity index (χ3v) is 4.70. The Hall–Kier alpha value is -1.64. The van der Waals surface area contributed by atoms with Gasteiger partial charge in [0.1, 0.15) is 0 Å². The van der Waals surface area contributed by atoms with Crippen molar-refractivity contribution in [3.05, 3.63) is 23.8 Å². The molecule has 0 aliphatic carbocycles. The highest BCUT2D eigenvalue weighted by Crippen LogP contribution is 2.21. The van der Waals surface area contributed by atoms with Crippen molar-refractivity contribution in [3.8, 4) is 0 Å². The molecule has 0 aromatic heterocycles. The van der Waals surface area contributed by atoms with Gasteiger partial charge in [0.15, 0.2) is 0 Å². The lowest BCUT2D eigenvalue weighted by atomic mass is 10.0. The standard InChI is InChI=1S/C12H18N2O5S/c1-7(15)12(2,3)14-20(18,19)10-5-4-8(13)6-9(10)11(16)17/h4-7,14-15H,13H2,1-3H3,(H,16,17). The zero-order chi connectivity index (χ0) is 15.7. The van der Waals surface area contributed by atoms with Gasteiger partial charge in [-0.3, -0.25) is 0 Å². The van der Waals surface area contributed by atoms with Gasteiger partial charge in [-0.05, 0) is 39.0 Å². The summed E-state index contributed by atoms with van der Waals surface area (Å²) in [4.78, 5) is 10.7. The molecule has 1 aromatic rings. The average molecular weight is 302 g/mol. The van der Waals surface area contributed by atoms with Crippen LogP contribution in [0, 0.1) is 0 Å². The fraction of sp³-hybridized carbons (Fsp3) is 0.417. The van der Waals surface area contributed by atoms with Crippen LogP contribution in [0.5, 0.6) is 0 Å². The van der Waals surface area contributed by atoms with Gasteiger partial charge in [-0.2, -0.15) is 0 Å². The number of aliphatic hydroxyl groups is 1. The Morgan fingerprint density at radius 3 is 2.40 bits per heavy atom. The minimum absolute atomic E-state index is 0.149. The van der Waals surface area contributed by atoms with Crippen molar-refractivity contribution in [2.45, 2.75) is 37.3 Å². The lowest BCUT2D eigenvalue weighted by Crippen LogP contribution is -2.51. The number of hydrogen-bond donors (Lipinski definition) is 4. The summed E-state index contributed by atoms with van der Waals surface area (Å²) in [6.07, 6.45) is -0.959. The Morgan fingerprint density at radius 1 is 1.40 bits per heavy atom. The number of nitrogens with one attached hydrogen (secondary N) is 1. The second-order valence-electron chi connectivity index (χ2n) is 5.06. The SMILES string of the molecule is CC(O)C(C)(C)NS(=O)(=O)c1ccc(N)cc1C(=O)O. The molecule has 0 saturated heterocycles. The number of anilines is 1. The topological polar surface area (TPSA) is 130 Å². The van der Waals surface area contributed by atoms with E-state index in [1.54, 1.807) is 0 Å². The number of aromatic carboxylic acids is 1. The number of aliphatic hydroxyl groups excluding tert-OH is 1. The minimum Gasteiger partial charge on any atom is -0.478 e. The van der Waals surface area contributed by atoms with Gasteiger partial charge in [0, 0.05) is 5.69 Å². The predicted molar refractivity (Wildman–Crippen MR) is 73.9 cm³/mol. The van der Waals surface area contributed by atoms with Crippen molar-refractivity contribution in [2.24, 2.45) is 0 Å². The normalized spacial score (nSPS) is 14.0. The van der Waals surface area contributed by atoms with Crippen LogP contribution < -0.4 is 10.5 Å². The van der Waals surface area contributed by atoms with Crippen LogP contribution in [0.2, 0.25) is 0 Å². The van der Waals surface area contributed by atoms with E-state index in [1.165, 1.54) is 26.8 Å². The Bertz CT molecular complexity index is 623. The molecule has 0 radical (unpaired) electrons. The molecule has 0 fully saturated rings. The molecule has 1 aromatic carbocycles. The second-order valence-corrected chi connectivity index (χ2v) is 6.71. The summed E-state index contributed by atoms with van der Waals surface area (Å²) in [7, 11) is -4.10. The van der Waals surface area contributed by atoms with Gasteiger partial charge in [-0.25, -0.2) is 17.9 Å². The molecule has 0 spiro atoms. The van der Waals surface area contributed by atoms with Crippen LogP contribution in [0.3, 0.4) is 0 Å². The smallest absolute Gasteiger partial charge is 0.337 e. The number of benzene rings is 1. The quantitative estimate of drug-likeness (QED) is 0.583. The summed E-state index contributed by atoms with van der Waals surface area (Å²) in [6, 6.07) is 3.50. The first-order valence-electron chi connectivity index (χ1n) is 5.82. The lowest BCUT2D eigenvalue weighted by molar-refractivity contribution is 0.0692. The van der Waals surface area contributed by atoms with Gasteiger partial charge in [0.25, 0.3) is 0 Å². The van der Waals surface area contributed by atoms with E-state index in [2.05, 4.69) is 4.72 Å². The molecular formula is C12H18N2O5S. The first kappa shape index (κ1) is 16.4. The van der Waals surface area contributed by atoms with Crippen LogP contribution in [0.4, 0.5) is 5.69 Å². The summed E-state index contributed by atoms with van der Waals surface area (Å²) in [6.45, 7) is 4.42. The Morgan fingerprint density at radius 2 is 1.95 bits per heavy atom. The van der Waals surface area contributed by atoms with E-state index in [1.807, 2.05) is 0 Å². The first-order chi connectivity index (χ1) is 8.97. The molecule has 0 aliphatic rings. The van der Waals surface area contributed by atoms with Crippen LogP contribution >= 0.6 is 0 Å². The number of carbonyl (C=O) groups is 1. The van der Waals surface area contributed by atoms with E-state index in [-0.39, 0.29) is 5.69 Å².